The number of ether oxygens (including phenoxy) is 1. The Morgan fingerprint density at radius 1 is 1.50 bits per heavy atom. The molecule has 1 rings (SSSR count). The van der Waals surface area contributed by atoms with Crippen molar-refractivity contribution in [2.75, 3.05) is 32.1 Å². The second kappa shape index (κ2) is 5.58. The van der Waals surface area contributed by atoms with Crippen molar-refractivity contribution in [3.05, 3.63) is 0 Å². The van der Waals surface area contributed by atoms with Gasteiger partial charge in [-0.2, -0.15) is 0 Å². The van der Waals surface area contributed by atoms with E-state index in [9.17, 15) is 9.35 Å². The number of hydrogen-bond donors (Lipinski definition) is 0. The number of hydrogen-bond acceptors (Lipinski definition) is 3. The van der Waals surface area contributed by atoms with Crippen LogP contribution in [0.1, 0.15) is 13.8 Å². The van der Waals surface area contributed by atoms with Gasteiger partial charge in [0, 0.05) is 24.3 Å². The summed E-state index contributed by atoms with van der Waals surface area (Å²) in [5, 5.41) is -0.234. The molecule has 1 fully saturated rings. The van der Waals surface area contributed by atoms with Crippen molar-refractivity contribution in [2.24, 2.45) is 5.92 Å². The van der Waals surface area contributed by atoms with E-state index in [2.05, 4.69) is 0 Å². The van der Waals surface area contributed by atoms with Crippen LogP contribution in [-0.2, 0) is 15.9 Å². The van der Waals surface area contributed by atoms with Crippen LogP contribution in [0.2, 0.25) is 0 Å². The van der Waals surface area contributed by atoms with E-state index in [0.29, 0.717) is 38.0 Å². The predicted octanol–water partition coefficient (Wildman–Crippen LogP) is 0.843. The Balaban J connectivity index is 2.33. The second-order valence-electron chi connectivity index (χ2n) is 3.35. The molecule has 0 aromatic rings. The molecule has 1 heterocycles. The van der Waals surface area contributed by atoms with E-state index in [4.69, 9.17) is 4.74 Å². The molecule has 0 aromatic heterocycles. The van der Waals surface area contributed by atoms with Crippen LogP contribution in [0.5, 0.6) is 0 Å². The van der Waals surface area contributed by atoms with Crippen molar-refractivity contribution >= 4 is 16.4 Å². The fraction of sp³-hybridized carbons (Fsp3) is 0.889. The van der Waals surface area contributed by atoms with Crippen LogP contribution >= 0.6 is 0 Å². The lowest BCUT2D eigenvalue weighted by Crippen LogP contribution is -2.41. The molecule has 1 saturated heterocycles. The maximum absolute atomic E-state index is 11.6. The van der Waals surface area contributed by atoms with Gasteiger partial charge in [0.2, 0.25) is 0 Å². The van der Waals surface area contributed by atoms with Crippen molar-refractivity contribution in [2.45, 2.75) is 13.8 Å². The summed E-state index contributed by atoms with van der Waals surface area (Å²) >= 11 is -1.37. The summed E-state index contributed by atoms with van der Waals surface area (Å²) in [4.78, 5) is 13.2. The SMILES string of the molecule is CCN(CC)C(=O)[S+]([O-])CC1COC1. The minimum absolute atomic E-state index is 0.234. The minimum Gasteiger partial charge on any atom is -0.608 e. The second-order valence-corrected chi connectivity index (χ2v) is 4.73. The van der Waals surface area contributed by atoms with E-state index >= 15 is 0 Å². The Bertz CT molecular complexity index is 192. The van der Waals surface area contributed by atoms with Gasteiger partial charge in [-0.1, -0.05) is 0 Å². The quantitative estimate of drug-likeness (QED) is 0.658. The summed E-state index contributed by atoms with van der Waals surface area (Å²) in [6.45, 7) is 6.34. The highest BCUT2D eigenvalue weighted by molar-refractivity contribution is 8.05. The molecule has 4 nitrogen and oxygen atoms in total. The van der Waals surface area contributed by atoms with Crippen molar-refractivity contribution in [1.29, 1.82) is 0 Å². The summed E-state index contributed by atoms with van der Waals surface area (Å²) < 4.78 is 16.5. The summed E-state index contributed by atoms with van der Waals surface area (Å²) in [6, 6.07) is 0. The molecule has 1 amide bonds. The standard InChI is InChI=1S/C9H17NO3S/c1-3-10(4-2)9(11)14(12)7-8-5-13-6-8/h8H,3-7H2,1-2H3. The monoisotopic (exact) mass is 219 g/mol. The first-order valence-electron chi connectivity index (χ1n) is 4.94. The number of amides is 1. The summed E-state index contributed by atoms with van der Waals surface area (Å²) in [5.41, 5.74) is 0. The molecule has 5 heteroatoms. The van der Waals surface area contributed by atoms with E-state index in [1.54, 1.807) is 4.90 Å². The first kappa shape index (κ1) is 11.8. The highest BCUT2D eigenvalue weighted by Gasteiger charge is 2.31. The van der Waals surface area contributed by atoms with Gasteiger partial charge in [0.25, 0.3) is 0 Å². The molecule has 0 saturated carbocycles. The van der Waals surface area contributed by atoms with Gasteiger partial charge in [-0.25, -0.2) is 4.79 Å². The third-order valence-electron chi connectivity index (χ3n) is 2.31. The van der Waals surface area contributed by atoms with Crippen LogP contribution in [0.3, 0.4) is 0 Å². The average molecular weight is 219 g/mol. The van der Waals surface area contributed by atoms with Gasteiger partial charge in [-0.05, 0) is 13.8 Å². The van der Waals surface area contributed by atoms with Gasteiger partial charge in [-0.3, -0.25) is 4.90 Å². The molecule has 1 unspecified atom stereocenters. The predicted molar refractivity (Wildman–Crippen MR) is 55.6 cm³/mol. The fourth-order valence-corrected chi connectivity index (χ4v) is 2.60. The topological polar surface area (TPSA) is 52.6 Å². The molecule has 0 bridgehead atoms. The van der Waals surface area contributed by atoms with E-state index in [1.165, 1.54) is 0 Å². The first-order valence-corrected chi connectivity index (χ1v) is 6.25. The van der Waals surface area contributed by atoms with Gasteiger partial charge in [0.05, 0.1) is 19.1 Å². The highest BCUT2D eigenvalue weighted by atomic mass is 32.2. The molecule has 14 heavy (non-hydrogen) atoms. The zero-order chi connectivity index (χ0) is 10.6. The van der Waals surface area contributed by atoms with Gasteiger partial charge >= 0.3 is 5.24 Å². The van der Waals surface area contributed by atoms with Gasteiger partial charge in [0.1, 0.15) is 5.75 Å². The number of rotatable bonds is 4. The number of carbonyl (C=O) groups excluding carboxylic acids is 1. The molecule has 0 spiro atoms. The molecule has 0 radical (unpaired) electrons. The molecule has 1 aliphatic rings. The molecule has 82 valence electrons. The van der Waals surface area contributed by atoms with Crippen LogP contribution in [0, 0.1) is 5.92 Å². The normalized spacial score (nSPS) is 18.8. The fourth-order valence-electron chi connectivity index (χ4n) is 1.29. The zero-order valence-corrected chi connectivity index (χ0v) is 9.51. The van der Waals surface area contributed by atoms with E-state index in [1.807, 2.05) is 13.8 Å². The zero-order valence-electron chi connectivity index (χ0n) is 8.69. The van der Waals surface area contributed by atoms with Crippen molar-refractivity contribution in [3.8, 4) is 0 Å². The largest absolute Gasteiger partial charge is 0.608 e. The van der Waals surface area contributed by atoms with Crippen molar-refractivity contribution < 1.29 is 14.1 Å². The van der Waals surface area contributed by atoms with Crippen LogP contribution < -0.4 is 0 Å². The molecule has 0 aliphatic carbocycles. The molecule has 0 N–H and O–H groups in total. The molecule has 1 aliphatic heterocycles. The van der Waals surface area contributed by atoms with Gasteiger partial charge in [-0.15, -0.1) is 0 Å². The van der Waals surface area contributed by atoms with Crippen LogP contribution in [0.4, 0.5) is 4.79 Å². The van der Waals surface area contributed by atoms with Crippen LogP contribution in [0.15, 0.2) is 0 Å². The lowest BCUT2D eigenvalue weighted by molar-refractivity contribution is -0.0203. The lowest BCUT2D eigenvalue weighted by atomic mass is 10.1. The Morgan fingerprint density at radius 3 is 2.43 bits per heavy atom. The molecule has 1 atom stereocenters. The first-order chi connectivity index (χ1) is 6.69. The average Bonchev–Trinajstić information content (AvgIpc) is 2.12. The van der Waals surface area contributed by atoms with Crippen molar-refractivity contribution in [3.63, 3.8) is 0 Å². The maximum atomic E-state index is 11.6. The summed E-state index contributed by atoms with van der Waals surface area (Å²) in [5.74, 6) is 0.769. The van der Waals surface area contributed by atoms with E-state index < -0.39 is 11.2 Å². The van der Waals surface area contributed by atoms with Crippen molar-refractivity contribution in [1.82, 2.24) is 4.90 Å². The van der Waals surface area contributed by atoms with E-state index in [0.717, 1.165) is 0 Å². The van der Waals surface area contributed by atoms with Crippen LogP contribution in [0.25, 0.3) is 0 Å². The number of nitrogens with zero attached hydrogens (tertiary/aromatic N) is 1. The Kier molecular flexibility index (Phi) is 4.71. The van der Waals surface area contributed by atoms with Gasteiger partial charge < -0.3 is 9.29 Å². The third kappa shape index (κ3) is 2.87. The summed E-state index contributed by atoms with van der Waals surface area (Å²) in [7, 11) is 0. The van der Waals surface area contributed by atoms with Gasteiger partial charge in [0.15, 0.2) is 0 Å². The Hall–Kier alpha value is -0.260. The number of carbonyl (C=O) groups is 1. The Morgan fingerprint density at radius 2 is 2.07 bits per heavy atom. The highest BCUT2D eigenvalue weighted by Crippen LogP contribution is 2.14. The smallest absolute Gasteiger partial charge is 0.429 e. The van der Waals surface area contributed by atoms with Crippen LogP contribution in [-0.4, -0.2) is 46.7 Å². The Labute approximate surface area is 87.8 Å². The van der Waals surface area contributed by atoms with E-state index in [-0.39, 0.29) is 5.24 Å². The minimum atomic E-state index is -1.37. The summed E-state index contributed by atoms with van der Waals surface area (Å²) in [6.07, 6.45) is 0. The molecular formula is C9H17NO3S. The maximum Gasteiger partial charge on any atom is 0.429 e. The third-order valence-corrected chi connectivity index (χ3v) is 3.73. The molecular weight excluding hydrogens is 202 g/mol. The lowest BCUT2D eigenvalue weighted by Gasteiger charge is -2.27. The molecule has 0 aromatic carbocycles.